The lowest BCUT2D eigenvalue weighted by atomic mass is 9.79. The molecular weight excluding hydrogens is 226 g/mol. The highest BCUT2D eigenvalue weighted by Crippen LogP contribution is 2.40. The predicted molar refractivity (Wildman–Crippen MR) is 72.5 cm³/mol. The van der Waals surface area contributed by atoms with Crippen LogP contribution in [0.5, 0.6) is 0 Å². The molecule has 2 fully saturated rings. The van der Waals surface area contributed by atoms with Crippen molar-refractivity contribution in [1.82, 2.24) is 4.90 Å². The Hall–Kier alpha value is -0.570. The Morgan fingerprint density at radius 3 is 2.67 bits per heavy atom. The largest absolute Gasteiger partial charge is 0.481 e. The minimum absolute atomic E-state index is 0.472. The molecule has 2 rings (SSSR count). The van der Waals surface area contributed by atoms with Gasteiger partial charge < -0.3 is 5.11 Å². The van der Waals surface area contributed by atoms with E-state index < -0.39 is 11.4 Å². The molecule has 0 spiro atoms. The van der Waals surface area contributed by atoms with Crippen LogP contribution in [0.3, 0.4) is 0 Å². The van der Waals surface area contributed by atoms with Gasteiger partial charge in [-0.15, -0.1) is 0 Å². The monoisotopic (exact) mass is 253 g/mol. The standard InChI is InChI=1S/C15H27NO2/c1-4-15(14(17)18)7-8-16(10-15)13-9-11(2)5-6-12(13)3/h11-13H,4-10H2,1-3H3,(H,17,18). The van der Waals surface area contributed by atoms with Gasteiger partial charge in [0, 0.05) is 12.6 Å². The Balaban J connectivity index is 2.05. The van der Waals surface area contributed by atoms with Gasteiger partial charge in [-0.2, -0.15) is 0 Å². The van der Waals surface area contributed by atoms with E-state index in [9.17, 15) is 9.90 Å². The van der Waals surface area contributed by atoms with E-state index >= 15 is 0 Å². The number of nitrogens with zero attached hydrogens (tertiary/aromatic N) is 1. The Morgan fingerprint density at radius 1 is 1.39 bits per heavy atom. The zero-order chi connectivity index (χ0) is 13.3. The van der Waals surface area contributed by atoms with Gasteiger partial charge >= 0.3 is 5.97 Å². The van der Waals surface area contributed by atoms with E-state index in [1.165, 1.54) is 19.3 Å². The van der Waals surface area contributed by atoms with Gasteiger partial charge in [0.2, 0.25) is 0 Å². The van der Waals surface area contributed by atoms with Crippen molar-refractivity contribution in [2.45, 2.75) is 58.9 Å². The zero-order valence-corrected chi connectivity index (χ0v) is 12.0. The molecule has 1 aliphatic heterocycles. The smallest absolute Gasteiger partial charge is 0.310 e. The van der Waals surface area contributed by atoms with Gasteiger partial charge in [0.1, 0.15) is 0 Å². The Labute approximate surface area is 111 Å². The molecule has 0 bridgehead atoms. The van der Waals surface area contributed by atoms with Crippen molar-refractivity contribution in [2.24, 2.45) is 17.3 Å². The van der Waals surface area contributed by atoms with E-state index in [1.54, 1.807) is 0 Å². The zero-order valence-electron chi connectivity index (χ0n) is 12.0. The number of carbonyl (C=O) groups is 1. The lowest BCUT2D eigenvalue weighted by molar-refractivity contribution is -0.148. The first kappa shape index (κ1) is 13.9. The van der Waals surface area contributed by atoms with Gasteiger partial charge in [0.25, 0.3) is 0 Å². The van der Waals surface area contributed by atoms with Crippen LogP contribution in [0.25, 0.3) is 0 Å². The molecule has 0 aromatic heterocycles. The molecule has 1 saturated carbocycles. The van der Waals surface area contributed by atoms with E-state index in [-0.39, 0.29) is 0 Å². The number of rotatable bonds is 3. The second-order valence-electron chi connectivity index (χ2n) is 6.62. The van der Waals surface area contributed by atoms with Gasteiger partial charge in [-0.1, -0.05) is 27.2 Å². The van der Waals surface area contributed by atoms with Crippen molar-refractivity contribution in [3.05, 3.63) is 0 Å². The summed E-state index contributed by atoms with van der Waals surface area (Å²) in [4.78, 5) is 14.0. The third-order valence-electron chi connectivity index (χ3n) is 5.40. The molecule has 0 amide bonds. The maximum absolute atomic E-state index is 11.5. The number of likely N-dealkylation sites (tertiary alicyclic amines) is 1. The van der Waals surface area contributed by atoms with Crippen LogP contribution in [0.2, 0.25) is 0 Å². The lowest BCUT2D eigenvalue weighted by Crippen LogP contribution is -2.44. The second kappa shape index (κ2) is 5.20. The number of carboxylic acid groups (broad SMARTS) is 1. The number of aliphatic carboxylic acids is 1. The quantitative estimate of drug-likeness (QED) is 0.840. The van der Waals surface area contributed by atoms with Gasteiger partial charge in [0.15, 0.2) is 0 Å². The number of hydrogen-bond donors (Lipinski definition) is 1. The average Bonchev–Trinajstić information content (AvgIpc) is 2.78. The normalized spacial score (nSPS) is 42.1. The maximum Gasteiger partial charge on any atom is 0.310 e. The molecule has 1 saturated heterocycles. The summed E-state index contributed by atoms with van der Waals surface area (Å²) in [6.45, 7) is 8.43. The molecule has 18 heavy (non-hydrogen) atoms. The summed E-state index contributed by atoms with van der Waals surface area (Å²) in [5, 5.41) is 9.47. The van der Waals surface area contributed by atoms with Crippen molar-refractivity contribution in [3.63, 3.8) is 0 Å². The molecule has 0 radical (unpaired) electrons. The van der Waals surface area contributed by atoms with E-state index in [2.05, 4.69) is 18.7 Å². The van der Waals surface area contributed by atoms with Crippen molar-refractivity contribution >= 4 is 5.97 Å². The van der Waals surface area contributed by atoms with Crippen LogP contribution in [-0.2, 0) is 4.79 Å². The molecule has 0 aromatic carbocycles. The predicted octanol–water partition coefficient (Wildman–Crippen LogP) is 3.00. The Kier molecular flexibility index (Phi) is 4.00. The summed E-state index contributed by atoms with van der Waals surface area (Å²) >= 11 is 0. The van der Waals surface area contributed by atoms with Crippen molar-refractivity contribution < 1.29 is 9.90 Å². The topological polar surface area (TPSA) is 40.5 Å². The SMILES string of the molecule is CCC1(C(=O)O)CCN(C2CC(C)CCC2C)C1. The Morgan fingerprint density at radius 2 is 2.11 bits per heavy atom. The minimum atomic E-state index is -0.594. The third-order valence-corrected chi connectivity index (χ3v) is 5.40. The highest BCUT2D eigenvalue weighted by atomic mass is 16.4. The van der Waals surface area contributed by atoms with Gasteiger partial charge in [-0.3, -0.25) is 9.69 Å². The van der Waals surface area contributed by atoms with Gasteiger partial charge in [-0.25, -0.2) is 0 Å². The maximum atomic E-state index is 11.5. The summed E-state index contributed by atoms with van der Waals surface area (Å²) in [6.07, 6.45) is 5.48. The summed E-state index contributed by atoms with van der Waals surface area (Å²) in [5.41, 5.74) is -0.472. The highest BCUT2D eigenvalue weighted by Gasteiger charge is 2.46. The molecule has 0 aromatic rings. The molecular formula is C15H27NO2. The van der Waals surface area contributed by atoms with Crippen molar-refractivity contribution in [3.8, 4) is 0 Å². The van der Waals surface area contributed by atoms with Crippen LogP contribution in [0.4, 0.5) is 0 Å². The van der Waals surface area contributed by atoms with Crippen LogP contribution in [0, 0.1) is 17.3 Å². The molecule has 1 N–H and O–H groups in total. The summed E-state index contributed by atoms with van der Waals surface area (Å²) in [7, 11) is 0. The number of hydrogen-bond acceptors (Lipinski definition) is 2. The van der Waals surface area contributed by atoms with Gasteiger partial charge in [0.05, 0.1) is 5.41 Å². The first-order valence-corrected chi connectivity index (χ1v) is 7.46. The first-order valence-electron chi connectivity index (χ1n) is 7.46. The molecule has 3 heteroatoms. The van der Waals surface area contributed by atoms with Crippen molar-refractivity contribution in [2.75, 3.05) is 13.1 Å². The van der Waals surface area contributed by atoms with Crippen LogP contribution < -0.4 is 0 Å². The fraction of sp³-hybridized carbons (Fsp3) is 0.933. The Bertz CT molecular complexity index is 318. The first-order chi connectivity index (χ1) is 8.48. The van der Waals surface area contributed by atoms with E-state index in [0.717, 1.165) is 37.8 Å². The van der Waals surface area contributed by atoms with E-state index in [1.807, 2.05) is 6.92 Å². The van der Waals surface area contributed by atoms with Crippen LogP contribution in [0.1, 0.15) is 52.9 Å². The average molecular weight is 253 g/mol. The second-order valence-corrected chi connectivity index (χ2v) is 6.62. The van der Waals surface area contributed by atoms with Crippen LogP contribution in [-0.4, -0.2) is 35.1 Å². The summed E-state index contributed by atoms with van der Waals surface area (Å²) < 4.78 is 0. The van der Waals surface area contributed by atoms with Crippen molar-refractivity contribution in [1.29, 1.82) is 0 Å². The third kappa shape index (κ3) is 2.42. The molecule has 2 aliphatic rings. The fourth-order valence-electron chi connectivity index (χ4n) is 3.81. The van der Waals surface area contributed by atoms with Crippen LogP contribution >= 0.6 is 0 Å². The molecule has 4 atom stereocenters. The lowest BCUT2D eigenvalue weighted by Gasteiger charge is -2.39. The molecule has 1 heterocycles. The summed E-state index contributed by atoms with van der Waals surface area (Å²) in [6, 6.07) is 0.613. The van der Waals surface area contributed by atoms with E-state index in [0.29, 0.717) is 6.04 Å². The molecule has 4 unspecified atom stereocenters. The highest BCUT2D eigenvalue weighted by molar-refractivity contribution is 5.75. The molecule has 104 valence electrons. The fourth-order valence-corrected chi connectivity index (χ4v) is 3.81. The summed E-state index contributed by atoms with van der Waals surface area (Å²) in [5.74, 6) is 0.930. The molecule has 3 nitrogen and oxygen atoms in total. The molecule has 1 aliphatic carbocycles. The van der Waals surface area contributed by atoms with E-state index in [4.69, 9.17) is 0 Å². The van der Waals surface area contributed by atoms with Gasteiger partial charge in [-0.05, 0) is 44.1 Å². The number of carboxylic acids is 1. The minimum Gasteiger partial charge on any atom is -0.481 e. The van der Waals surface area contributed by atoms with Crippen LogP contribution in [0.15, 0.2) is 0 Å².